The molecule has 3 aromatic carbocycles. The Kier molecular flexibility index (Phi) is 5.77. The number of hydrogen-bond acceptors (Lipinski definition) is 5. The topological polar surface area (TPSA) is 54.9 Å². The summed E-state index contributed by atoms with van der Waals surface area (Å²) in [5, 5.41) is 0.794. The lowest BCUT2D eigenvalue weighted by Crippen LogP contribution is -2.48. The molecule has 3 heterocycles. The Morgan fingerprint density at radius 2 is 1.75 bits per heavy atom. The normalized spacial score (nSPS) is 15.4. The van der Waals surface area contributed by atoms with Gasteiger partial charge in [-0.3, -0.25) is 9.69 Å². The summed E-state index contributed by atoms with van der Waals surface area (Å²) in [7, 11) is 0. The molecule has 0 radical (unpaired) electrons. The Hall–Kier alpha value is -3.97. The summed E-state index contributed by atoms with van der Waals surface area (Å²) < 4.78 is 25.5. The van der Waals surface area contributed by atoms with Crippen LogP contribution in [0.1, 0.15) is 21.5 Å². The van der Waals surface area contributed by atoms with Crippen molar-refractivity contribution in [2.24, 2.45) is 0 Å². The summed E-state index contributed by atoms with van der Waals surface area (Å²) in [5.74, 6) is 1.16. The van der Waals surface area contributed by atoms with E-state index >= 15 is 0 Å². The Bertz CT molecular complexity index is 1460. The molecule has 1 saturated heterocycles. The van der Waals surface area contributed by atoms with Crippen LogP contribution in [0.2, 0.25) is 0 Å². The Labute approximate surface area is 208 Å². The SMILES string of the molecule is Cc1ccc2nc(-c3ccccc3F)cc(C(=O)N3CCN(Cc4ccc5c(c4)OCO5)CC3)c2c1. The number of hydrogen-bond donors (Lipinski definition) is 0. The van der Waals surface area contributed by atoms with Crippen LogP contribution < -0.4 is 9.47 Å². The largest absolute Gasteiger partial charge is 0.454 e. The van der Waals surface area contributed by atoms with E-state index in [1.807, 2.05) is 42.2 Å². The maximum Gasteiger partial charge on any atom is 0.254 e. The highest BCUT2D eigenvalue weighted by Crippen LogP contribution is 2.33. The van der Waals surface area contributed by atoms with Gasteiger partial charge in [0, 0.05) is 43.7 Å². The van der Waals surface area contributed by atoms with E-state index in [4.69, 9.17) is 9.47 Å². The number of carbonyl (C=O) groups is 1. The van der Waals surface area contributed by atoms with Crippen molar-refractivity contribution in [3.05, 3.63) is 89.2 Å². The molecule has 6 nitrogen and oxygen atoms in total. The Balaban J connectivity index is 1.23. The van der Waals surface area contributed by atoms with Crippen LogP contribution >= 0.6 is 0 Å². The van der Waals surface area contributed by atoms with Gasteiger partial charge in [-0.05, 0) is 55.0 Å². The fourth-order valence-electron chi connectivity index (χ4n) is 4.90. The molecule has 0 unspecified atom stereocenters. The molecule has 0 N–H and O–H groups in total. The van der Waals surface area contributed by atoms with E-state index in [0.29, 0.717) is 35.4 Å². The van der Waals surface area contributed by atoms with Gasteiger partial charge in [-0.15, -0.1) is 0 Å². The molecule has 7 heteroatoms. The second-order valence-corrected chi connectivity index (χ2v) is 9.31. The number of carbonyl (C=O) groups excluding carboxylic acids is 1. The molecular weight excluding hydrogens is 457 g/mol. The molecule has 1 aromatic heterocycles. The monoisotopic (exact) mass is 483 g/mol. The lowest BCUT2D eigenvalue weighted by atomic mass is 10.0. The molecule has 0 spiro atoms. The molecule has 2 aliphatic rings. The van der Waals surface area contributed by atoms with Crippen molar-refractivity contribution in [3.8, 4) is 22.8 Å². The quantitative estimate of drug-likeness (QED) is 0.407. The summed E-state index contributed by atoms with van der Waals surface area (Å²) in [6.07, 6.45) is 0. The zero-order valence-electron chi connectivity index (χ0n) is 20.0. The van der Waals surface area contributed by atoms with Crippen LogP contribution in [0.4, 0.5) is 4.39 Å². The number of amides is 1. The van der Waals surface area contributed by atoms with Crippen LogP contribution in [0.5, 0.6) is 11.5 Å². The first-order valence-electron chi connectivity index (χ1n) is 12.1. The van der Waals surface area contributed by atoms with Gasteiger partial charge < -0.3 is 14.4 Å². The van der Waals surface area contributed by atoms with E-state index in [9.17, 15) is 9.18 Å². The molecule has 182 valence electrons. The third-order valence-electron chi connectivity index (χ3n) is 6.85. The first kappa shape index (κ1) is 22.5. The molecule has 6 rings (SSSR count). The number of pyridine rings is 1. The van der Waals surface area contributed by atoms with Crippen molar-refractivity contribution < 1.29 is 18.7 Å². The summed E-state index contributed by atoms with van der Waals surface area (Å²) in [4.78, 5) is 22.6. The number of ether oxygens (including phenoxy) is 2. The smallest absolute Gasteiger partial charge is 0.254 e. The van der Waals surface area contributed by atoms with E-state index in [1.165, 1.54) is 6.07 Å². The summed E-state index contributed by atoms with van der Waals surface area (Å²) >= 11 is 0. The van der Waals surface area contributed by atoms with E-state index in [-0.39, 0.29) is 18.5 Å². The van der Waals surface area contributed by atoms with Crippen LogP contribution in [-0.4, -0.2) is 53.7 Å². The lowest BCUT2D eigenvalue weighted by Gasteiger charge is -2.35. The fourth-order valence-corrected chi connectivity index (χ4v) is 4.90. The average Bonchev–Trinajstić information content (AvgIpc) is 3.36. The summed E-state index contributed by atoms with van der Waals surface area (Å²) in [5.41, 5.74) is 4.31. The highest BCUT2D eigenvalue weighted by molar-refractivity contribution is 6.07. The maximum absolute atomic E-state index is 14.6. The third kappa shape index (κ3) is 4.27. The molecule has 36 heavy (non-hydrogen) atoms. The van der Waals surface area contributed by atoms with Gasteiger partial charge in [0.25, 0.3) is 5.91 Å². The van der Waals surface area contributed by atoms with Gasteiger partial charge >= 0.3 is 0 Å². The lowest BCUT2D eigenvalue weighted by molar-refractivity contribution is 0.0630. The van der Waals surface area contributed by atoms with E-state index in [1.54, 1.807) is 24.3 Å². The number of halogens is 1. The van der Waals surface area contributed by atoms with Gasteiger partial charge in [0.1, 0.15) is 5.82 Å². The van der Waals surface area contributed by atoms with E-state index < -0.39 is 0 Å². The molecule has 0 bridgehead atoms. The highest BCUT2D eigenvalue weighted by atomic mass is 19.1. The second kappa shape index (κ2) is 9.24. The number of fused-ring (bicyclic) bond motifs is 2. The van der Waals surface area contributed by atoms with Gasteiger partial charge in [0.2, 0.25) is 6.79 Å². The highest BCUT2D eigenvalue weighted by Gasteiger charge is 2.25. The number of piperazine rings is 1. The molecule has 0 atom stereocenters. The minimum Gasteiger partial charge on any atom is -0.454 e. The van der Waals surface area contributed by atoms with Crippen molar-refractivity contribution in [2.45, 2.75) is 13.5 Å². The molecule has 0 saturated carbocycles. The molecule has 1 amide bonds. The summed E-state index contributed by atoms with van der Waals surface area (Å²) in [6.45, 7) is 5.81. The number of aryl methyl sites for hydroxylation is 1. The fraction of sp³-hybridized carbons (Fsp3) is 0.241. The molecule has 4 aromatic rings. The standard InChI is InChI=1S/C29H26FN3O3/c1-19-6-8-25-22(14-19)23(16-26(31-25)21-4-2-3-5-24(21)30)29(34)33-12-10-32(11-13-33)17-20-7-9-27-28(15-20)36-18-35-27/h2-9,14-16H,10-13,17-18H2,1H3. The van der Waals surface area contributed by atoms with Crippen LogP contribution in [0, 0.1) is 12.7 Å². The number of aromatic nitrogens is 1. The van der Waals surface area contributed by atoms with Gasteiger partial charge in [-0.1, -0.05) is 29.8 Å². The molecule has 2 aliphatic heterocycles. The third-order valence-corrected chi connectivity index (χ3v) is 6.85. The zero-order valence-corrected chi connectivity index (χ0v) is 20.0. The average molecular weight is 484 g/mol. The number of rotatable bonds is 4. The molecular formula is C29H26FN3O3. The first-order valence-corrected chi connectivity index (χ1v) is 12.1. The first-order chi connectivity index (χ1) is 17.5. The van der Waals surface area contributed by atoms with E-state index in [2.05, 4.69) is 16.0 Å². The zero-order chi connectivity index (χ0) is 24.6. The molecule has 1 fully saturated rings. The predicted octanol–water partition coefficient (Wildman–Crippen LogP) is 5.04. The van der Waals surface area contributed by atoms with Gasteiger partial charge in [0.15, 0.2) is 11.5 Å². The van der Waals surface area contributed by atoms with Gasteiger partial charge in [0.05, 0.1) is 16.8 Å². The second-order valence-electron chi connectivity index (χ2n) is 9.31. The van der Waals surface area contributed by atoms with E-state index in [0.717, 1.165) is 47.6 Å². The van der Waals surface area contributed by atoms with Crippen LogP contribution in [0.25, 0.3) is 22.2 Å². The van der Waals surface area contributed by atoms with Crippen molar-refractivity contribution in [3.63, 3.8) is 0 Å². The van der Waals surface area contributed by atoms with Crippen LogP contribution in [-0.2, 0) is 6.54 Å². The van der Waals surface area contributed by atoms with Crippen molar-refractivity contribution in [1.29, 1.82) is 0 Å². The van der Waals surface area contributed by atoms with Gasteiger partial charge in [-0.2, -0.15) is 0 Å². The van der Waals surface area contributed by atoms with Crippen LogP contribution in [0.15, 0.2) is 66.7 Å². The predicted molar refractivity (Wildman–Crippen MR) is 136 cm³/mol. The van der Waals surface area contributed by atoms with Crippen molar-refractivity contribution >= 4 is 16.8 Å². The Morgan fingerprint density at radius 3 is 2.58 bits per heavy atom. The molecule has 0 aliphatic carbocycles. The number of nitrogens with zero attached hydrogens (tertiary/aromatic N) is 3. The Morgan fingerprint density at radius 1 is 0.944 bits per heavy atom. The minimum atomic E-state index is -0.355. The maximum atomic E-state index is 14.6. The number of benzene rings is 3. The van der Waals surface area contributed by atoms with Crippen molar-refractivity contribution in [1.82, 2.24) is 14.8 Å². The van der Waals surface area contributed by atoms with Gasteiger partial charge in [-0.25, -0.2) is 9.37 Å². The van der Waals surface area contributed by atoms with Crippen LogP contribution in [0.3, 0.4) is 0 Å². The van der Waals surface area contributed by atoms with Crippen molar-refractivity contribution in [2.75, 3.05) is 33.0 Å². The minimum absolute atomic E-state index is 0.0479. The summed E-state index contributed by atoms with van der Waals surface area (Å²) in [6, 6.07) is 20.1.